The molecule has 1 atom stereocenters. The maximum absolute atomic E-state index is 12.8. The van der Waals surface area contributed by atoms with Crippen molar-refractivity contribution in [3.63, 3.8) is 0 Å². The first kappa shape index (κ1) is 16.9. The van der Waals surface area contributed by atoms with Gasteiger partial charge in [-0.2, -0.15) is 0 Å². The summed E-state index contributed by atoms with van der Waals surface area (Å²) in [5.74, 6) is 0.625. The lowest BCUT2D eigenvalue weighted by Crippen LogP contribution is -2.39. The Labute approximate surface area is 146 Å². The molecule has 6 heteroatoms. The molecule has 0 unspecified atom stereocenters. The van der Waals surface area contributed by atoms with E-state index in [-0.39, 0.29) is 11.5 Å². The molecule has 0 saturated carbocycles. The highest BCUT2D eigenvalue weighted by atomic mass is 32.1. The molecular weight excluding hydrogens is 322 g/mol. The number of fused-ring (bicyclic) bond motifs is 1. The lowest BCUT2D eigenvalue weighted by Gasteiger charge is -2.32. The van der Waals surface area contributed by atoms with Crippen molar-refractivity contribution in [2.24, 2.45) is 5.92 Å². The predicted molar refractivity (Wildman–Crippen MR) is 98.0 cm³/mol. The van der Waals surface area contributed by atoms with Gasteiger partial charge in [-0.1, -0.05) is 13.3 Å². The van der Waals surface area contributed by atoms with Crippen LogP contribution in [0.2, 0.25) is 0 Å². The van der Waals surface area contributed by atoms with E-state index >= 15 is 0 Å². The Balaban J connectivity index is 1.97. The Hall–Kier alpha value is -1.95. The normalized spacial score (nSPS) is 18.1. The summed E-state index contributed by atoms with van der Waals surface area (Å²) in [6, 6.07) is 5.23. The fourth-order valence-electron chi connectivity index (χ4n) is 3.44. The van der Waals surface area contributed by atoms with E-state index in [4.69, 9.17) is 12.2 Å². The average molecular weight is 345 g/mol. The van der Waals surface area contributed by atoms with Crippen LogP contribution < -0.4 is 5.56 Å². The van der Waals surface area contributed by atoms with Crippen LogP contribution in [0.4, 0.5) is 0 Å². The van der Waals surface area contributed by atoms with E-state index in [1.54, 1.807) is 18.2 Å². The summed E-state index contributed by atoms with van der Waals surface area (Å²) in [7, 11) is 0. The number of carbonyl (C=O) groups is 1. The average Bonchev–Trinajstić information content (AvgIpc) is 2.61. The highest BCUT2D eigenvalue weighted by Gasteiger charge is 2.23. The maximum atomic E-state index is 12.8. The zero-order valence-corrected chi connectivity index (χ0v) is 15.0. The first-order valence-corrected chi connectivity index (χ1v) is 9.02. The van der Waals surface area contributed by atoms with E-state index in [0.29, 0.717) is 33.7 Å². The molecule has 2 heterocycles. The van der Waals surface area contributed by atoms with Gasteiger partial charge in [0, 0.05) is 25.2 Å². The summed E-state index contributed by atoms with van der Waals surface area (Å²) >= 11 is 5.24. The van der Waals surface area contributed by atoms with Crippen molar-refractivity contribution in [2.75, 3.05) is 13.1 Å². The minimum atomic E-state index is -0.112. The van der Waals surface area contributed by atoms with E-state index in [9.17, 15) is 9.59 Å². The first-order valence-electron chi connectivity index (χ1n) is 8.61. The number of amides is 1. The number of hydrogen-bond acceptors (Lipinski definition) is 3. The molecular formula is C18H23N3O2S. The zero-order valence-electron chi connectivity index (χ0n) is 14.2. The highest BCUT2D eigenvalue weighted by Crippen LogP contribution is 2.21. The van der Waals surface area contributed by atoms with Gasteiger partial charge in [0.15, 0.2) is 4.77 Å². The first-order chi connectivity index (χ1) is 11.5. The third kappa shape index (κ3) is 3.02. The molecule has 1 aliphatic rings. The number of rotatable bonds is 3. The van der Waals surface area contributed by atoms with Gasteiger partial charge in [0.2, 0.25) is 0 Å². The Morgan fingerprint density at radius 1 is 1.38 bits per heavy atom. The fraction of sp³-hybridized carbons (Fsp3) is 0.500. The third-order valence-electron chi connectivity index (χ3n) is 4.93. The van der Waals surface area contributed by atoms with E-state index in [2.05, 4.69) is 11.9 Å². The minimum Gasteiger partial charge on any atom is -0.338 e. The van der Waals surface area contributed by atoms with Crippen molar-refractivity contribution in [1.29, 1.82) is 0 Å². The molecule has 2 aromatic rings. The number of benzene rings is 1. The number of likely N-dealkylation sites (tertiary alicyclic amines) is 1. The molecule has 0 bridgehead atoms. The third-order valence-corrected chi connectivity index (χ3v) is 5.25. The van der Waals surface area contributed by atoms with Crippen molar-refractivity contribution in [2.45, 2.75) is 39.7 Å². The number of piperidine rings is 1. The van der Waals surface area contributed by atoms with Gasteiger partial charge in [-0.25, -0.2) is 0 Å². The second-order valence-corrected chi connectivity index (χ2v) is 6.79. The molecule has 1 N–H and O–H groups in total. The van der Waals surface area contributed by atoms with Gasteiger partial charge in [-0.3, -0.25) is 14.2 Å². The Morgan fingerprint density at radius 2 is 2.17 bits per heavy atom. The van der Waals surface area contributed by atoms with Crippen LogP contribution in [-0.4, -0.2) is 33.4 Å². The van der Waals surface area contributed by atoms with Crippen LogP contribution in [0.25, 0.3) is 10.9 Å². The summed E-state index contributed by atoms with van der Waals surface area (Å²) in [5, 5.41) is 0.562. The molecule has 1 aromatic heterocycles. The Bertz CT molecular complexity index is 884. The fourth-order valence-corrected chi connectivity index (χ4v) is 3.76. The molecule has 5 nitrogen and oxygen atoms in total. The number of nitrogens with one attached hydrogen (secondary N) is 1. The molecule has 0 aliphatic carbocycles. The van der Waals surface area contributed by atoms with Crippen LogP contribution in [0.3, 0.4) is 0 Å². The van der Waals surface area contributed by atoms with Crippen molar-refractivity contribution in [3.8, 4) is 0 Å². The van der Waals surface area contributed by atoms with Crippen LogP contribution in [0.5, 0.6) is 0 Å². The van der Waals surface area contributed by atoms with Gasteiger partial charge in [0.1, 0.15) is 0 Å². The summed E-state index contributed by atoms with van der Waals surface area (Å²) in [4.78, 5) is 30.2. The van der Waals surface area contributed by atoms with Gasteiger partial charge in [-0.15, -0.1) is 0 Å². The molecule has 1 aliphatic heterocycles. The second-order valence-electron chi connectivity index (χ2n) is 6.41. The van der Waals surface area contributed by atoms with E-state index in [1.165, 1.54) is 11.0 Å². The van der Waals surface area contributed by atoms with Crippen LogP contribution >= 0.6 is 12.2 Å². The smallest absolute Gasteiger partial charge is 0.262 e. The summed E-state index contributed by atoms with van der Waals surface area (Å²) < 4.78 is 1.92. The molecule has 0 spiro atoms. The van der Waals surface area contributed by atoms with Crippen molar-refractivity contribution in [3.05, 3.63) is 38.9 Å². The molecule has 1 saturated heterocycles. The largest absolute Gasteiger partial charge is 0.338 e. The quantitative estimate of drug-likeness (QED) is 0.868. The number of H-pyrrole nitrogens is 1. The standard InChI is InChI=1S/C18H23N3O2S/c1-3-12-6-5-9-20(11-12)16(22)13-7-8-14-15(10-13)19-18(24)21(4-2)17(14)23/h7-8,10,12H,3-6,9,11H2,1-2H3,(H,19,24)/t12-/m1/s1. The van der Waals surface area contributed by atoms with Gasteiger partial charge in [-0.05, 0) is 56.1 Å². The summed E-state index contributed by atoms with van der Waals surface area (Å²) in [6.45, 7) is 6.21. The summed E-state index contributed by atoms with van der Waals surface area (Å²) in [5.41, 5.74) is 1.13. The van der Waals surface area contributed by atoms with Crippen molar-refractivity contribution >= 4 is 29.0 Å². The molecule has 1 amide bonds. The van der Waals surface area contributed by atoms with E-state index in [1.807, 2.05) is 11.8 Å². The van der Waals surface area contributed by atoms with Crippen LogP contribution in [0.1, 0.15) is 43.5 Å². The maximum Gasteiger partial charge on any atom is 0.262 e. The van der Waals surface area contributed by atoms with Gasteiger partial charge >= 0.3 is 0 Å². The molecule has 24 heavy (non-hydrogen) atoms. The van der Waals surface area contributed by atoms with Crippen molar-refractivity contribution < 1.29 is 4.79 Å². The van der Waals surface area contributed by atoms with Crippen LogP contribution in [0.15, 0.2) is 23.0 Å². The number of nitrogens with zero attached hydrogens (tertiary/aromatic N) is 2. The second kappa shape index (κ2) is 6.89. The molecule has 0 radical (unpaired) electrons. The zero-order chi connectivity index (χ0) is 17.3. The highest BCUT2D eigenvalue weighted by molar-refractivity contribution is 7.71. The van der Waals surface area contributed by atoms with Crippen LogP contribution in [0, 0.1) is 10.7 Å². The number of aromatic amines is 1. The van der Waals surface area contributed by atoms with Gasteiger partial charge < -0.3 is 9.88 Å². The molecule has 128 valence electrons. The molecule has 1 aromatic carbocycles. The van der Waals surface area contributed by atoms with Crippen molar-refractivity contribution in [1.82, 2.24) is 14.5 Å². The predicted octanol–water partition coefficient (Wildman–Crippen LogP) is 3.34. The lowest BCUT2D eigenvalue weighted by molar-refractivity contribution is 0.0671. The van der Waals surface area contributed by atoms with Gasteiger partial charge in [0.25, 0.3) is 11.5 Å². The lowest BCUT2D eigenvalue weighted by atomic mass is 9.95. The topological polar surface area (TPSA) is 58.1 Å². The van der Waals surface area contributed by atoms with E-state index < -0.39 is 0 Å². The summed E-state index contributed by atoms with van der Waals surface area (Å²) in [6.07, 6.45) is 3.36. The minimum absolute atomic E-state index is 0.0361. The van der Waals surface area contributed by atoms with Gasteiger partial charge in [0.05, 0.1) is 10.9 Å². The molecule has 1 fully saturated rings. The Morgan fingerprint density at radius 3 is 2.88 bits per heavy atom. The molecule has 3 rings (SSSR count). The number of carbonyl (C=O) groups excluding carboxylic acids is 1. The Kier molecular flexibility index (Phi) is 4.85. The SMILES string of the molecule is CC[C@@H]1CCCN(C(=O)c2ccc3c(=O)n(CC)c(=S)[nH]c3c2)C1. The van der Waals surface area contributed by atoms with E-state index in [0.717, 1.165) is 25.9 Å². The number of hydrogen-bond donors (Lipinski definition) is 1. The monoisotopic (exact) mass is 345 g/mol. The number of aromatic nitrogens is 2. The van der Waals surface area contributed by atoms with Crippen LogP contribution in [-0.2, 0) is 6.54 Å².